The molecule has 1 aliphatic heterocycles. The second-order valence-electron chi connectivity index (χ2n) is 6.73. The van der Waals surface area contributed by atoms with Crippen LogP contribution in [0.2, 0.25) is 0 Å². The van der Waals surface area contributed by atoms with Crippen molar-refractivity contribution in [1.29, 1.82) is 0 Å². The van der Waals surface area contributed by atoms with Crippen LogP contribution in [0.15, 0.2) is 18.2 Å². The van der Waals surface area contributed by atoms with E-state index in [1.165, 1.54) is 12.1 Å². The molecule has 0 aromatic heterocycles. The van der Waals surface area contributed by atoms with Crippen molar-refractivity contribution in [2.24, 2.45) is 0 Å². The Hall–Kier alpha value is -1.42. The summed E-state index contributed by atoms with van der Waals surface area (Å²) < 4.78 is 18.7. The van der Waals surface area contributed by atoms with Crippen LogP contribution in [0.5, 0.6) is 0 Å². The molecule has 2 rings (SSSR count). The van der Waals surface area contributed by atoms with Crippen molar-refractivity contribution in [3.8, 4) is 0 Å². The molecule has 1 heterocycles. The molecule has 0 unspecified atom stereocenters. The third kappa shape index (κ3) is 4.27. The summed E-state index contributed by atoms with van der Waals surface area (Å²) in [6.07, 6.45) is 1.82. The molecule has 1 aromatic carbocycles. The zero-order chi connectivity index (χ0) is 15.6. The number of halogens is 1. The summed E-state index contributed by atoms with van der Waals surface area (Å²) in [5.74, 6) is -0.374. The van der Waals surface area contributed by atoms with Gasteiger partial charge in [0.1, 0.15) is 17.5 Å². The predicted molar refractivity (Wildman–Crippen MR) is 80.4 cm³/mol. The van der Waals surface area contributed by atoms with E-state index in [1.54, 1.807) is 6.07 Å². The second kappa shape index (κ2) is 6.14. The van der Waals surface area contributed by atoms with Gasteiger partial charge in [-0.25, -0.2) is 4.39 Å². The molecule has 0 N–H and O–H groups in total. The van der Waals surface area contributed by atoms with Crippen molar-refractivity contribution < 1.29 is 13.9 Å². The molecule has 1 fully saturated rings. The number of esters is 1. The molecule has 3 nitrogen and oxygen atoms in total. The third-order valence-electron chi connectivity index (χ3n) is 3.72. The summed E-state index contributed by atoms with van der Waals surface area (Å²) in [6, 6.07) is 4.62. The molecule has 1 saturated heterocycles. The number of hydrogen-bond acceptors (Lipinski definition) is 3. The molecule has 0 bridgehead atoms. The molecule has 1 atom stereocenters. The van der Waals surface area contributed by atoms with Crippen LogP contribution in [0, 0.1) is 12.7 Å². The van der Waals surface area contributed by atoms with Gasteiger partial charge >= 0.3 is 5.97 Å². The fraction of sp³-hybridized carbons (Fsp3) is 0.588. The average Bonchev–Trinajstić information content (AvgIpc) is 2.79. The molecule has 0 saturated carbocycles. The van der Waals surface area contributed by atoms with Crippen LogP contribution >= 0.6 is 0 Å². The molecule has 0 amide bonds. The Labute approximate surface area is 126 Å². The minimum absolute atomic E-state index is 0.153. The van der Waals surface area contributed by atoms with Gasteiger partial charge in [0.15, 0.2) is 0 Å². The molecule has 21 heavy (non-hydrogen) atoms. The Kier molecular flexibility index (Phi) is 4.67. The zero-order valence-electron chi connectivity index (χ0n) is 13.3. The number of carbonyl (C=O) groups excluding carboxylic acids is 1. The Morgan fingerprint density at radius 2 is 2.14 bits per heavy atom. The van der Waals surface area contributed by atoms with Crippen LogP contribution in [0.4, 0.5) is 4.39 Å². The smallest absolute Gasteiger partial charge is 0.323 e. The summed E-state index contributed by atoms with van der Waals surface area (Å²) in [6.45, 7) is 9.09. The highest BCUT2D eigenvalue weighted by molar-refractivity contribution is 5.76. The van der Waals surface area contributed by atoms with Crippen molar-refractivity contribution in [1.82, 2.24) is 4.90 Å². The van der Waals surface area contributed by atoms with E-state index in [0.29, 0.717) is 6.54 Å². The number of benzene rings is 1. The van der Waals surface area contributed by atoms with E-state index in [2.05, 4.69) is 4.90 Å². The normalized spacial score (nSPS) is 19.8. The number of aryl methyl sites for hydroxylation is 1. The van der Waals surface area contributed by atoms with Crippen molar-refractivity contribution >= 4 is 5.97 Å². The Morgan fingerprint density at radius 1 is 1.43 bits per heavy atom. The van der Waals surface area contributed by atoms with E-state index in [-0.39, 0.29) is 17.8 Å². The lowest BCUT2D eigenvalue weighted by atomic mass is 10.1. The molecular formula is C17H24FNO2. The van der Waals surface area contributed by atoms with Gasteiger partial charge in [-0.15, -0.1) is 0 Å². The molecule has 4 heteroatoms. The lowest BCUT2D eigenvalue weighted by Crippen LogP contribution is -2.40. The molecule has 1 aromatic rings. The van der Waals surface area contributed by atoms with Gasteiger partial charge < -0.3 is 4.74 Å². The standard InChI is InChI=1S/C17H24FNO2/c1-12-10-14(18)8-7-13(12)11-19-9-5-6-15(19)16(20)21-17(2,3)4/h7-8,10,15H,5-6,9,11H2,1-4H3/t15-/m1/s1. The number of likely N-dealkylation sites (tertiary alicyclic amines) is 1. The van der Waals surface area contributed by atoms with Crippen molar-refractivity contribution in [2.75, 3.05) is 6.54 Å². The summed E-state index contributed by atoms with van der Waals surface area (Å²) in [5, 5.41) is 0. The Bertz CT molecular complexity index is 522. The van der Waals surface area contributed by atoms with Gasteiger partial charge in [-0.2, -0.15) is 0 Å². The van der Waals surface area contributed by atoms with Gasteiger partial charge in [-0.05, 0) is 70.3 Å². The summed E-state index contributed by atoms with van der Waals surface area (Å²) in [4.78, 5) is 14.4. The summed E-state index contributed by atoms with van der Waals surface area (Å²) >= 11 is 0. The topological polar surface area (TPSA) is 29.5 Å². The quantitative estimate of drug-likeness (QED) is 0.800. The van der Waals surface area contributed by atoms with Crippen molar-refractivity contribution in [3.05, 3.63) is 35.1 Å². The minimum atomic E-state index is -0.461. The van der Waals surface area contributed by atoms with Crippen molar-refractivity contribution in [2.45, 2.75) is 58.7 Å². The number of nitrogens with zero attached hydrogens (tertiary/aromatic N) is 1. The number of ether oxygens (including phenoxy) is 1. The minimum Gasteiger partial charge on any atom is -0.459 e. The highest BCUT2D eigenvalue weighted by atomic mass is 19.1. The first-order valence-electron chi connectivity index (χ1n) is 7.48. The van der Waals surface area contributed by atoms with Crippen LogP contribution in [-0.2, 0) is 16.1 Å². The fourth-order valence-corrected chi connectivity index (χ4v) is 2.71. The highest BCUT2D eigenvalue weighted by Crippen LogP contribution is 2.24. The van der Waals surface area contributed by atoms with E-state index >= 15 is 0 Å². The maximum Gasteiger partial charge on any atom is 0.323 e. The number of rotatable bonds is 3. The number of hydrogen-bond donors (Lipinski definition) is 0. The van der Waals surface area contributed by atoms with Crippen LogP contribution in [0.25, 0.3) is 0 Å². The van der Waals surface area contributed by atoms with Gasteiger partial charge in [-0.1, -0.05) is 6.07 Å². The molecule has 0 radical (unpaired) electrons. The fourth-order valence-electron chi connectivity index (χ4n) is 2.71. The molecule has 1 aliphatic rings. The van der Waals surface area contributed by atoms with Gasteiger partial charge in [-0.3, -0.25) is 9.69 Å². The lowest BCUT2D eigenvalue weighted by molar-refractivity contribution is -0.160. The first-order valence-corrected chi connectivity index (χ1v) is 7.48. The maximum absolute atomic E-state index is 13.2. The summed E-state index contributed by atoms with van der Waals surface area (Å²) in [5.41, 5.74) is 1.52. The van der Waals surface area contributed by atoms with E-state index in [0.717, 1.165) is 30.5 Å². The second-order valence-corrected chi connectivity index (χ2v) is 6.73. The van der Waals surface area contributed by atoms with E-state index in [4.69, 9.17) is 4.74 Å². The molecule has 116 valence electrons. The largest absolute Gasteiger partial charge is 0.459 e. The molecule has 0 spiro atoms. The van der Waals surface area contributed by atoms with Crippen LogP contribution < -0.4 is 0 Å². The Morgan fingerprint density at radius 3 is 2.76 bits per heavy atom. The van der Waals surface area contributed by atoms with Gasteiger partial charge in [0.05, 0.1) is 0 Å². The van der Waals surface area contributed by atoms with Crippen LogP contribution in [0.1, 0.15) is 44.7 Å². The first kappa shape index (κ1) is 16.0. The third-order valence-corrected chi connectivity index (χ3v) is 3.72. The predicted octanol–water partition coefficient (Wildman–Crippen LogP) is 3.44. The van der Waals surface area contributed by atoms with Gasteiger partial charge in [0.25, 0.3) is 0 Å². The van der Waals surface area contributed by atoms with Crippen molar-refractivity contribution in [3.63, 3.8) is 0 Å². The summed E-state index contributed by atoms with van der Waals surface area (Å²) in [7, 11) is 0. The maximum atomic E-state index is 13.2. The highest BCUT2D eigenvalue weighted by Gasteiger charge is 2.34. The molecular weight excluding hydrogens is 269 g/mol. The van der Waals surface area contributed by atoms with Crippen LogP contribution in [-0.4, -0.2) is 29.1 Å². The molecule has 0 aliphatic carbocycles. The SMILES string of the molecule is Cc1cc(F)ccc1CN1CCC[C@@H]1C(=O)OC(C)(C)C. The van der Waals surface area contributed by atoms with Crippen LogP contribution in [0.3, 0.4) is 0 Å². The number of carbonyl (C=O) groups is 1. The lowest BCUT2D eigenvalue weighted by Gasteiger charge is -2.27. The zero-order valence-corrected chi connectivity index (χ0v) is 13.3. The monoisotopic (exact) mass is 293 g/mol. The Balaban J connectivity index is 2.06. The van der Waals surface area contributed by atoms with E-state index < -0.39 is 5.60 Å². The van der Waals surface area contributed by atoms with Gasteiger partial charge in [0, 0.05) is 6.54 Å². The average molecular weight is 293 g/mol. The van der Waals surface area contributed by atoms with Gasteiger partial charge in [0.2, 0.25) is 0 Å². The first-order chi connectivity index (χ1) is 9.76. The van der Waals surface area contributed by atoms with E-state index in [9.17, 15) is 9.18 Å². The van der Waals surface area contributed by atoms with E-state index in [1.807, 2.05) is 27.7 Å².